The van der Waals surface area contributed by atoms with E-state index in [2.05, 4.69) is 5.32 Å². The minimum absolute atomic E-state index is 0.0479. The minimum Gasteiger partial charge on any atom is -0.497 e. The number of likely N-dealkylation sites (tertiary alicyclic amines) is 2. The van der Waals surface area contributed by atoms with Gasteiger partial charge in [-0.2, -0.15) is 0 Å². The molecule has 0 aliphatic carbocycles. The lowest BCUT2D eigenvalue weighted by atomic mass is 9.96. The van der Waals surface area contributed by atoms with E-state index in [1.807, 2.05) is 9.80 Å². The van der Waals surface area contributed by atoms with Crippen molar-refractivity contribution in [2.75, 3.05) is 44.3 Å². The van der Waals surface area contributed by atoms with E-state index in [1.165, 1.54) is 0 Å². The quantitative estimate of drug-likeness (QED) is 0.821. The van der Waals surface area contributed by atoms with Gasteiger partial charge in [-0.3, -0.25) is 4.79 Å². The fourth-order valence-electron chi connectivity index (χ4n) is 3.45. The van der Waals surface area contributed by atoms with Crippen molar-refractivity contribution in [2.45, 2.75) is 25.7 Å². The zero-order valence-electron chi connectivity index (χ0n) is 14.7. The van der Waals surface area contributed by atoms with E-state index in [1.54, 1.807) is 25.3 Å². The first-order valence-electron chi connectivity index (χ1n) is 8.86. The Labute approximate surface area is 148 Å². The molecule has 1 aromatic rings. The summed E-state index contributed by atoms with van der Waals surface area (Å²) in [7, 11) is 1.57. The van der Waals surface area contributed by atoms with Crippen LogP contribution >= 0.6 is 0 Å². The van der Waals surface area contributed by atoms with E-state index in [4.69, 9.17) is 10.5 Å². The number of hydrogen-bond acceptors (Lipinski definition) is 4. The molecular formula is C18H26N4O3. The number of urea groups is 1. The van der Waals surface area contributed by atoms with Crippen LogP contribution in [0.4, 0.5) is 16.2 Å². The summed E-state index contributed by atoms with van der Waals surface area (Å²) >= 11 is 0. The van der Waals surface area contributed by atoms with Crippen LogP contribution in [-0.4, -0.2) is 55.0 Å². The van der Waals surface area contributed by atoms with Gasteiger partial charge in [0, 0.05) is 38.2 Å². The van der Waals surface area contributed by atoms with Crippen LogP contribution in [0.3, 0.4) is 0 Å². The molecule has 0 atom stereocenters. The van der Waals surface area contributed by atoms with Gasteiger partial charge in [-0.1, -0.05) is 0 Å². The van der Waals surface area contributed by atoms with Gasteiger partial charge in [0.1, 0.15) is 5.75 Å². The van der Waals surface area contributed by atoms with Gasteiger partial charge in [0.25, 0.3) is 0 Å². The monoisotopic (exact) mass is 346 g/mol. The molecular weight excluding hydrogens is 320 g/mol. The number of carbonyl (C=O) groups is 2. The van der Waals surface area contributed by atoms with Gasteiger partial charge in [0.05, 0.1) is 18.5 Å². The van der Waals surface area contributed by atoms with Crippen LogP contribution in [0, 0.1) is 5.92 Å². The molecule has 0 unspecified atom stereocenters. The molecule has 2 heterocycles. The molecule has 2 aliphatic rings. The largest absolute Gasteiger partial charge is 0.497 e. The molecule has 2 aliphatic heterocycles. The third-order valence-corrected chi connectivity index (χ3v) is 5.03. The predicted molar refractivity (Wildman–Crippen MR) is 96.5 cm³/mol. The third kappa shape index (κ3) is 3.97. The minimum atomic E-state index is -0.103. The van der Waals surface area contributed by atoms with Crippen LogP contribution in [0.15, 0.2) is 18.2 Å². The van der Waals surface area contributed by atoms with Crippen LogP contribution in [0.1, 0.15) is 25.7 Å². The van der Waals surface area contributed by atoms with E-state index in [9.17, 15) is 9.59 Å². The number of methoxy groups -OCH3 is 1. The van der Waals surface area contributed by atoms with Gasteiger partial charge in [-0.05, 0) is 37.8 Å². The van der Waals surface area contributed by atoms with Crippen LogP contribution in [0.5, 0.6) is 5.75 Å². The molecule has 1 aromatic carbocycles. The second-order valence-corrected chi connectivity index (χ2v) is 6.68. The van der Waals surface area contributed by atoms with Crippen LogP contribution in [0.25, 0.3) is 0 Å². The van der Waals surface area contributed by atoms with Crippen molar-refractivity contribution < 1.29 is 14.3 Å². The maximum Gasteiger partial charge on any atom is 0.319 e. The molecule has 7 nitrogen and oxygen atoms in total. The van der Waals surface area contributed by atoms with E-state index >= 15 is 0 Å². The molecule has 136 valence electrons. The highest BCUT2D eigenvalue weighted by Gasteiger charge is 2.30. The number of amides is 3. The predicted octanol–water partition coefficient (Wildman–Crippen LogP) is 2.14. The number of anilines is 2. The molecule has 0 saturated carbocycles. The van der Waals surface area contributed by atoms with Gasteiger partial charge >= 0.3 is 6.03 Å². The van der Waals surface area contributed by atoms with Crippen LogP contribution in [-0.2, 0) is 4.79 Å². The Morgan fingerprint density at radius 2 is 1.76 bits per heavy atom. The van der Waals surface area contributed by atoms with E-state index < -0.39 is 0 Å². The normalized spacial score (nSPS) is 18.3. The number of hydrogen-bond donors (Lipinski definition) is 2. The maximum absolute atomic E-state index is 12.5. The molecule has 0 spiro atoms. The summed E-state index contributed by atoms with van der Waals surface area (Å²) in [6, 6.07) is 5.31. The van der Waals surface area contributed by atoms with Crippen molar-refractivity contribution in [1.82, 2.24) is 9.80 Å². The Morgan fingerprint density at radius 3 is 2.40 bits per heavy atom. The number of nitrogens with two attached hydrogens (primary N) is 1. The van der Waals surface area contributed by atoms with Gasteiger partial charge in [-0.15, -0.1) is 0 Å². The molecule has 0 radical (unpaired) electrons. The zero-order valence-corrected chi connectivity index (χ0v) is 14.7. The lowest BCUT2D eigenvalue weighted by molar-refractivity contribution is -0.121. The highest BCUT2D eigenvalue weighted by atomic mass is 16.5. The number of ether oxygens (including phenoxy) is 1. The molecule has 3 N–H and O–H groups in total. The Kier molecular flexibility index (Phi) is 5.31. The first-order chi connectivity index (χ1) is 12.1. The Hall–Kier alpha value is -2.44. The van der Waals surface area contributed by atoms with Crippen molar-refractivity contribution in [3.05, 3.63) is 18.2 Å². The topological polar surface area (TPSA) is 87.9 Å². The molecule has 2 saturated heterocycles. The molecule has 25 heavy (non-hydrogen) atoms. The molecule has 2 fully saturated rings. The fraction of sp³-hybridized carbons (Fsp3) is 0.556. The van der Waals surface area contributed by atoms with E-state index in [0.717, 1.165) is 25.9 Å². The lowest BCUT2D eigenvalue weighted by Crippen LogP contribution is -2.47. The van der Waals surface area contributed by atoms with Gasteiger partial charge in [-0.25, -0.2) is 4.79 Å². The van der Waals surface area contributed by atoms with Crippen LogP contribution in [0.2, 0.25) is 0 Å². The number of carbonyl (C=O) groups excluding carboxylic acids is 2. The molecule has 0 bridgehead atoms. The number of rotatable bonds is 3. The highest BCUT2D eigenvalue weighted by Crippen LogP contribution is 2.27. The standard InChI is InChI=1S/C18H26N4O3/c1-25-14-4-5-15(19)16(12-14)20-17(23)13-6-10-22(11-7-13)18(24)21-8-2-3-9-21/h4-5,12-13H,2-3,6-11,19H2,1H3,(H,20,23). The van der Waals surface area contributed by atoms with Crippen molar-refractivity contribution >= 4 is 23.3 Å². The van der Waals surface area contributed by atoms with Crippen molar-refractivity contribution in [1.29, 1.82) is 0 Å². The second-order valence-electron chi connectivity index (χ2n) is 6.68. The molecule has 7 heteroatoms. The number of piperidine rings is 1. The summed E-state index contributed by atoms with van der Waals surface area (Å²) in [6.45, 7) is 2.96. The van der Waals surface area contributed by atoms with E-state index in [-0.39, 0.29) is 17.9 Å². The van der Waals surface area contributed by atoms with Crippen LogP contribution < -0.4 is 15.8 Å². The SMILES string of the molecule is COc1ccc(N)c(NC(=O)C2CCN(C(=O)N3CCCC3)CC2)c1. The summed E-state index contributed by atoms with van der Waals surface area (Å²) < 4.78 is 5.17. The summed E-state index contributed by atoms with van der Waals surface area (Å²) in [4.78, 5) is 28.7. The maximum atomic E-state index is 12.5. The summed E-state index contributed by atoms with van der Waals surface area (Å²) in [5.74, 6) is 0.497. The average molecular weight is 346 g/mol. The first kappa shape index (κ1) is 17.4. The summed E-state index contributed by atoms with van der Waals surface area (Å²) in [5.41, 5.74) is 7.00. The summed E-state index contributed by atoms with van der Waals surface area (Å²) in [5, 5.41) is 2.90. The lowest BCUT2D eigenvalue weighted by Gasteiger charge is -2.34. The Morgan fingerprint density at radius 1 is 1.12 bits per heavy atom. The van der Waals surface area contributed by atoms with Gasteiger partial charge in [0.15, 0.2) is 0 Å². The summed E-state index contributed by atoms with van der Waals surface area (Å²) in [6.07, 6.45) is 3.53. The molecule has 3 rings (SSSR count). The van der Waals surface area contributed by atoms with E-state index in [0.29, 0.717) is 43.1 Å². The fourth-order valence-corrected chi connectivity index (χ4v) is 3.45. The number of nitrogens with zero attached hydrogens (tertiary/aromatic N) is 2. The smallest absolute Gasteiger partial charge is 0.319 e. The third-order valence-electron chi connectivity index (χ3n) is 5.03. The molecule has 0 aromatic heterocycles. The number of benzene rings is 1. The average Bonchev–Trinajstić information content (AvgIpc) is 3.17. The molecule has 3 amide bonds. The van der Waals surface area contributed by atoms with Crippen molar-refractivity contribution in [3.8, 4) is 5.75 Å². The first-order valence-corrected chi connectivity index (χ1v) is 8.86. The zero-order chi connectivity index (χ0) is 17.8. The highest BCUT2D eigenvalue weighted by molar-refractivity contribution is 5.95. The number of nitrogens with one attached hydrogen (secondary N) is 1. The van der Waals surface area contributed by atoms with Gasteiger partial charge < -0.3 is 25.6 Å². The van der Waals surface area contributed by atoms with Gasteiger partial charge in [0.2, 0.25) is 5.91 Å². The second kappa shape index (κ2) is 7.63. The van der Waals surface area contributed by atoms with Crippen molar-refractivity contribution in [2.24, 2.45) is 5.92 Å². The van der Waals surface area contributed by atoms with Crippen molar-refractivity contribution in [3.63, 3.8) is 0 Å². The number of nitrogen functional groups attached to an aromatic ring is 1. The Balaban J connectivity index is 1.54. The Bertz CT molecular complexity index is 635.